The molecule has 128 valence electrons. The van der Waals surface area contributed by atoms with Crippen LogP contribution >= 0.6 is 22.9 Å². The molecule has 0 spiro atoms. The summed E-state index contributed by atoms with van der Waals surface area (Å²) in [5.41, 5.74) is 2.37. The molecule has 0 aliphatic carbocycles. The Bertz CT molecular complexity index is 883. The van der Waals surface area contributed by atoms with E-state index in [-0.39, 0.29) is 0 Å². The fourth-order valence-electron chi connectivity index (χ4n) is 2.33. The van der Waals surface area contributed by atoms with E-state index in [1.165, 1.54) is 11.3 Å². The molecule has 25 heavy (non-hydrogen) atoms. The Kier molecular flexibility index (Phi) is 5.31. The Morgan fingerprint density at radius 1 is 1.32 bits per heavy atom. The van der Waals surface area contributed by atoms with Crippen molar-refractivity contribution in [2.45, 2.75) is 20.0 Å². The highest BCUT2D eigenvalue weighted by atomic mass is 35.5. The van der Waals surface area contributed by atoms with Gasteiger partial charge in [-0.2, -0.15) is 0 Å². The molecule has 5 nitrogen and oxygen atoms in total. The normalized spacial score (nSPS) is 11.8. The first kappa shape index (κ1) is 17.4. The van der Waals surface area contributed by atoms with Crippen molar-refractivity contribution in [1.82, 2.24) is 9.97 Å². The number of thiazole rings is 1. The Morgan fingerprint density at radius 2 is 2.16 bits per heavy atom. The van der Waals surface area contributed by atoms with E-state index in [1.807, 2.05) is 26.0 Å². The number of amides is 1. The second-order valence-corrected chi connectivity index (χ2v) is 6.86. The zero-order valence-corrected chi connectivity index (χ0v) is 15.3. The number of anilines is 1. The number of aryl methyl sites for hydroxylation is 1. The van der Waals surface area contributed by atoms with Gasteiger partial charge in [0.2, 0.25) is 0 Å². The molecule has 2 aromatic heterocycles. The summed E-state index contributed by atoms with van der Waals surface area (Å²) in [7, 11) is 0. The smallest absolute Gasteiger partial charge is 0.412 e. The summed E-state index contributed by atoms with van der Waals surface area (Å²) in [6, 6.07) is 10.7. The SMILES string of the molecule is Cc1nc(-c2cccnc2)sc1[C@@H](C)OC(=O)Nc1cccc(Cl)c1. The van der Waals surface area contributed by atoms with Gasteiger partial charge in [-0.05, 0) is 44.2 Å². The van der Waals surface area contributed by atoms with Gasteiger partial charge in [0.05, 0.1) is 10.6 Å². The fourth-order valence-corrected chi connectivity index (χ4v) is 3.55. The number of hydrogen-bond donors (Lipinski definition) is 1. The predicted molar refractivity (Wildman–Crippen MR) is 100 cm³/mol. The summed E-state index contributed by atoms with van der Waals surface area (Å²) in [4.78, 5) is 21.7. The minimum Gasteiger partial charge on any atom is -0.440 e. The molecule has 0 saturated heterocycles. The molecule has 0 aliphatic heterocycles. The van der Waals surface area contributed by atoms with Crippen LogP contribution in [0.1, 0.15) is 23.6 Å². The van der Waals surface area contributed by atoms with Gasteiger partial charge in [-0.3, -0.25) is 10.3 Å². The zero-order valence-electron chi connectivity index (χ0n) is 13.7. The topological polar surface area (TPSA) is 64.1 Å². The van der Waals surface area contributed by atoms with Crippen LogP contribution in [0.5, 0.6) is 0 Å². The van der Waals surface area contributed by atoms with Gasteiger partial charge >= 0.3 is 6.09 Å². The average molecular weight is 374 g/mol. The molecule has 1 N–H and O–H groups in total. The standard InChI is InChI=1S/C18H16ClN3O2S/c1-11-16(25-17(21-11)13-5-4-8-20-10-13)12(2)24-18(23)22-15-7-3-6-14(19)9-15/h3-10,12H,1-2H3,(H,22,23)/t12-/m1/s1. The molecule has 0 bridgehead atoms. The molecule has 3 aromatic rings. The first-order chi connectivity index (χ1) is 12.0. The third-order valence-electron chi connectivity index (χ3n) is 3.47. The number of halogens is 1. The molecule has 2 heterocycles. The van der Waals surface area contributed by atoms with Gasteiger partial charge in [0.1, 0.15) is 11.1 Å². The van der Waals surface area contributed by atoms with Gasteiger partial charge in [0.25, 0.3) is 0 Å². The van der Waals surface area contributed by atoms with Crippen molar-refractivity contribution >= 4 is 34.7 Å². The van der Waals surface area contributed by atoms with Crippen molar-refractivity contribution in [3.8, 4) is 10.6 Å². The number of aromatic nitrogens is 2. The van der Waals surface area contributed by atoms with Crippen LogP contribution in [-0.4, -0.2) is 16.1 Å². The predicted octanol–water partition coefficient (Wildman–Crippen LogP) is 5.48. The number of pyridine rings is 1. The Morgan fingerprint density at radius 3 is 2.88 bits per heavy atom. The Labute approximate surface area is 154 Å². The second kappa shape index (κ2) is 7.63. The van der Waals surface area contributed by atoms with Crippen molar-refractivity contribution in [2.24, 2.45) is 0 Å². The molecule has 3 rings (SSSR count). The number of carbonyl (C=O) groups excluding carboxylic acids is 1. The van der Waals surface area contributed by atoms with E-state index >= 15 is 0 Å². The number of hydrogen-bond acceptors (Lipinski definition) is 5. The van der Waals surface area contributed by atoms with Crippen LogP contribution < -0.4 is 5.32 Å². The van der Waals surface area contributed by atoms with Gasteiger partial charge in [-0.1, -0.05) is 17.7 Å². The van der Waals surface area contributed by atoms with Gasteiger partial charge < -0.3 is 4.74 Å². The maximum absolute atomic E-state index is 12.1. The van der Waals surface area contributed by atoms with E-state index in [2.05, 4.69) is 15.3 Å². The van der Waals surface area contributed by atoms with Crippen LogP contribution in [-0.2, 0) is 4.74 Å². The fraction of sp³-hybridized carbons (Fsp3) is 0.167. The number of ether oxygens (including phenoxy) is 1. The summed E-state index contributed by atoms with van der Waals surface area (Å²) >= 11 is 7.40. The molecule has 0 radical (unpaired) electrons. The van der Waals surface area contributed by atoms with E-state index in [4.69, 9.17) is 16.3 Å². The van der Waals surface area contributed by atoms with Gasteiger partial charge in [-0.25, -0.2) is 9.78 Å². The number of benzene rings is 1. The molecular formula is C18H16ClN3O2S. The lowest BCUT2D eigenvalue weighted by atomic mass is 10.3. The lowest BCUT2D eigenvalue weighted by Gasteiger charge is -2.13. The molecule has 7 heteroatoms. The van der Waals surface area contributed by atoms with Crippen LogP contribution in [0.25, 0.3) is 10.6 Å². The quantitative estimate of drug-likeness (QED) is 0.658. The highest BCUT2D eigenvalue weighted by Crippen LogP contribution is 2.33. The first-order valence-electron chi connectivity index (χ1n) is 7.64. The highest BCUT2D eigenvalue weighted by Gasteiger charge is 2.19. The maximum Gasteiger partial charge on any atom is 0.412 e. The summed E-state index contributed by atoms with van der Waals surface area (Å²) < 4.78 is 5.47. The van der Waals surface area contributed by atoms with E-state index in [0.717, 1.165) is 21.1 Å². The van der Waals surface area contributed by atoms with Crippen LogP contribution in [0.4, 0.5) is 10.5 Å². The third-order valence-corrected chi connectivity index (χ3v) is 5.07. The zero-order chi connectivity index (χ0) is 17.8. The number of nitrogens with zero attached hydrogens (tertiary/aromatic N) is 2. The minimum atomic E-state index is -0.537. The number of nitrogens with one attached hydrogen (secondary N) is 1. The second-order valence-electron chi connectivity index (χ2n) is 5.39. The molecule has 0 unspecified atom stereocenters. The summed E-state index contributed by atoms with van der Waals surface area (Å²) in [5.74, 6) is 0. The Balaban J connectivity index is 1.70. The largest absolute Gasteiger partial charge is 0.440 e. The van der Waals surface area contributed by atoms with Crippen molar-refractivity contribution in [3.63, 3.8) is 0 Å². The van der Waals surface area contributed by atoms with Gasteiger partial charge in [-0.15, -0.1) is 11.3 Å². The summed E-state index contributed by atoms with van der Waals surface area (Å²) in [5, 5.41) is 4.07. The lowest BCUT2D eigenvalue weighted by molar-refractivity contribution is 0.122. The van der Waals surface area contributed by atoms with E-state index in [0.29, 0.717) is 10.7 Å². The van der Waals surface area contributed by atoms with Crippen LogP contribution in [0, 0.1) is 6.92 Å². The molecule has 1 atom stereocenters. The maximum atomic E-state index is 12.1. The van der Waals surface area contributed by atoms with E-state index in [1.54, 1.807) is 36.7 Å². The molecule has 1 aromatic carbocycles. The molecule has 0 saturated carbocycles. The number of carbonyl (C=O) groups is 1. The highest BCUT2D eigenvalue weighted by molar-refractivity contribution is 7.15. The lowest BCUT2D eigenvalue weighted by Crippen LogP contribution is -2.15. The van der Waals surface area contributed by atoms with E-state index < -0.39 is 12.2 Å². The van der Waals surface area contributed by atoms with Crippen LogP contribution in [0.15, 0.2) is 48.8 Å². The summed E-state index contributed by atoms with van der Waals surface area (Å²) in [6.07, 6.45) is 2.53. The molecule has 1 amide bonds. The minimum absolute atomic E-state index is 0.415. The van der Waals surface area contributed by atoms with Crippen molar-refractivity contribution < 1.29 is 9.53 Å². The molecule has 0 fully saturated rings. The monoisotopic (exact) mass is 373 g/mol. The van der Waals surface area contributed by atoms with Crippen molar-refractivity contribution in [3.05, 3.63) is 64.4 Å². The van der Waals surface area contributed by atoms with Crippen molar-refractivity contribution in [1.29, 1.82) is 0 Å². The van der Waals surface area contributed by atoms with E-state index in [9.17, 15) is 4.79 Å². The third kappa shape index (κ3) is 4.35. The van der Waals surface area contributed by atoms with Gasteiger partial charge in [0.15, 0.2) is 0 Å². The van der Waals surface area contributed by atoms with Crippen LogP contribution in [0.2, 0.25) is 5.02 Å². The van der Waals surface area contributed by atoms with Gasteiger partial charge in [0, 0.05) is 28.7 Å². The van der Waals surface area contributed by atoms with Crippen LogP contribution in [0.3, 0.4) is 0 Å². The molecule has 0 aliphatic rings. The van der Waals surface area contributed by atoms with Crippen molar-refractivity contribution in [2.75, 3.05) is 5.32 Å². The Hall–Kier alpha value is -2.44. The number of rotatable bonds is 4. The molecular weight excluding hydrogens is 358 g/mol. The first-order valence-corrected chi connectivity index (χ1v) is 8.83. The average Bonchev–Trinajstić information content (AvgIpc) is 2.97. The summed E-state index contributed by atoms with van der Waals surface area (Å²) in [6.45, 7) is 3.73.